The second-order valence-electron chi connectivity index (χ2n) is 7.17. The number of rotatable bonds is 14. The number of aliphatic hydroxyl groups is 1. The summed E-state index contributed by atoms with van der Waals surface area (Å²) in [7, 11) is 0. The third-order valence-corrected chi connectivity index (χ3v) is 5.09. The average Bonchev–Trinajstić information content (AvgIpc) is 2.69. The quantitative estimate of drug-likeness (QED) is 0.368. The Balaban J connectivity index is 1.49. The van der Waals surface area contributed by atoms with Crippen LogP contribution in [0.3, 0.4) is 0 Å². The number of aryl methyl sites for hydroxylation is 2. The summed E-state index contributed by atoms with van der Waals surface area (Å²) >= 11 is 5.91. The highest BCUT2D eigenvalue weighted by Crippen LogP contribution is 2.16. The first kappa shape index (κ1) is 21.8. The third kappa shape index (κ3) is 9.83. The lowest BCUT2D eigenvalue weighted by molar-refractivity contribution is 0.282. The van der Waals surface area contributed by atoms with Crippen LogP contribution in [0.1, 0.15) is 62.5 Å². The number of unbranched alkanes of at least 4 members (excludes halogenated alkanes) is 6. The zero-order valence-corrected chi connectivity index (χ0v) is 17.1. The second-order valence-corrected chi connectivity index (χ2v) is 7.61. The molecule has 2 rings (SSSR count). The molecule has 0 bridgehead atoms. The Hall–Kier alpha value is -1.51. The summed E-state index contributed by atoms with van der Waals surface area (Å²) in [4.78, 5) is 0. The lowest BCUT2D eigenvalue weighted by atomic mass is 10.1. The van der Waals surface area contributed by atoms with E-state index in [-0.39, 0.29) is 0 Å². The maximum atomic E-state index is 8.78. The number of hydrogen-bond donors (Lipinski definition) is 1. The van der Waals surface area contributed by atoms with Crippen LogP contribution in [0.4, 0.5) is 0 Å². The van der Waals surface area contributed by atoms with E-state index in [1.807, 2.05) is 12.1 Å². The van der Waals surface area contributed by atoms with Crippen molar-refractivity contribution in [2.24, 2.45) is 0 Å². The summed E-state index contributed by atoms with van der Waals surface area (Å²) in [6.45, 7) is 1.11. The summed E-state index contributed by atoms with van der Waals surface area (Å²) in [6, 6.07) is 16.7. The largest absolute Gasteiger partial charge is 0.494 e. The molecule has 1 N–H and O–H groups in total. The molecule has 0 aromatic heterocycles. The zero-order chi connectivity index (χ0) is 19.2. The van der Waals surface area contributed by atoms with E-state index in [4.69, 9.17) is 21.4 Å². The zero-order valence-electron chi connectivity index (χ0n) is 16.3. The Bertz CT molecular complexity index is 607. The SMILES string of the molecule is OCCCCCCc1ccc(OCCCCCCc2ccc(Cl)cc2)cc1. The van der Waals surface area contributed by atoms with E-state index in [1.165, 1.54) is 43.2 Å². The number of benzene rings is 2. The fourth-order valence-electron chi connectivity index (χ4n) is 3.17. The van der Waals surface area contributed by atoms with Gasteiger partial charge < -0.3 is 9.84 Å². The molecule has 0 unspecified atom stereocenters. The van der Waals surface area contributed by atoms with Crippen molar-refractivity contribution >= 4 is 11.6 Å². The van der Waals surface area contributed by atoms with Crippen molar-refractivity contribution in [3.8, 4) is 5.75 Å². The van der Waals surface area contributed by atoms with Crippen molar-refractivity contribution in [2.45, 2.75) is 64.2 Å². The Morgan fingerprint density at radius 2 is 1.15 bits per heavy atom. The highest BCUT2D eigenvalue weighted by Gasteiger charge is 1.98. The van der Waals surface area contributed by atoms with Crippen LogP contribution in [-0.2, 0) is 12.8 Å². The van der Waals surface area contributed by atoms with Crippen LogP contribution in [0, 0.1) is 0 Å². The first-order chi connectivity index (χ1) is 13.3. The summed E-state index contributed by atoms with van der Waals surface area (Å²) < 4.78 is 5.85. The van der Waals surface area contributed by atoms with E-state index >= 15 is 0 Å². The van der Waals surface area contributed by atoms with Crippen molar-refractivity contribution < 1.29 is 9.84 Å². The molecule has 0 aliphatic carbocycles. The Morgan fingerprint density at radius 3 is 1.74 bits per heavy atom. The van der Waals surface area contributed by atoms with Crippen molar-refractivity contribution in [3.63, 3.8) is 0 Å². The minimum atomic E-state index is 0.314. The van der Waals surface area contributed by atoms with E-state index in [2.05, 4.69) is 36.4 Å². The van der Waals surface area contributed by atoms with E-state index in [1.54, 1.807) is 0 Å². The molecule has 2 aromatic rings. The molecule has 0 amide bonds. The first-order valence-corrected chi connectivity index (χ1v) is 10.7. The molecule has 0 radical (unpaired) electrons. The highest BCUT2D eigenvalue weighted by atomic mass is 35.5. The molecule has 27 heavy (non-hydrogen) atoms. The molecule has 0 aliphatic rings. The standard InChI is InChI=1S/C24H33ClO2/c25-23-15-11-21(12-16-23)9-6-2-4-8-20-27-24-17-13-22(14-18-24)10-5-1-3-7-19-26/h11-18,26H,1-10,19-20H2. The lowest BCUT2D eigenvalue weighted by Crippen LogP contribution is -1.98. The highest BCUT2D eigenvalue weighted by molar-refractivity contribution is 6.30. The Morgan fingerprint density at radius 1 is 0.630 bits per heavy atom. The average molecular weight is 389 g/mol. The van der Waals surface area contributed by atoms with Gasteiger partial charge in [-0.1, -0.05) is 61.5 Å². The van der Waals surface area contributed by atoms with Crippen LogP contribution >= 0.6 is 11.6 Å². The minimum Gasteiger partial charge on any atom is -0.494 e. The van der Waals surface area contributed by atoms with E-state index in [0.29, 0.717) is 6.61 Å². The van der Waals surface area contributed by atoms with Gasteiger partial charge in [-0.05, 0) is 73.9 Å². The summed E-state index contributed by atoms with van der Waals surface area (Å²) in [5.74, 6) is 0.972. The van der Waals surface area contributed by atoms with Gasteiger partial charge in [-0.3, -0.25) is 0 Å². The van der Waals surface area contributed by atoms with Gasteiger partial charge in [0, 0.05) is 11.6 Å². The van der Waals surface area contributed by atoms with Gasteiger partial charge in [0.05, 0.1) is 6.61 Å². The van der Waals surface area contributed by atoms with Gasteiger partial charge >= 0.3 is 0 Å². The van der Waals surface area contributed by atoms with Crippen molar-refractivity contribution in [1.29, 1.82) is 0 Å². The van der Waals surface area contributed by atoms with Crippen LogP contribution in [0.2, 0.25) is 5.02 Å². The molecule has 2 aromatic carbocycles. The smallest absolute Gasteiger partial charge is 0.119 e. The molecule has 148 valence electrons. The molecular formula is C24H33ClO2. The molecular weight excluding hydrogens is 356 g/mol. The van der Waals surface area contributed by atoms with Crippen LogP contribution in [-0.4, -0.2) is 18.3 Å². The normalized spacial score (nSPS) is 10.9. The van der Waals surface area contributed by atoms with Gasteiger partial charge in [-0.2, -0.15) is 0 Å². The lowest BCUT2D eigenvalue weighted by Gasteiger charge is -2.08. The molecule has 0 saturated carbocycles. The van der Waals surface area contributed by atoms with Gasteiger partial charge in [0.25, 0.3) is 0 Å². The number of hydrogen-bond acceptors (Lipinski definition) is 2. The van der Waals surface area contributed by atoms with Gasteiger partial charge in [0.1, 0.15) is 5.75 Å². The van der Waals surface area contributed by atoms with Crippen LogP contribution < -0.4 is 4.74 Å². The summed E-state index contributed by atoms with van der Waals surface area (Å²) in [5.41, 5.74) is 2.73. The van der Waals surface area contributed by atoms with Crippen molar-refractivity contribution in [2.75, 3.05) is 13.2 Å². The number of ether oxygens (including phenoxy) is 1. The maximum Gasteiger partial charge on any atom is 0.119 e. The molecule has 2 nitrogen and oxygen atoms in total. The van der Waals surface area contributed by atoms with E-state index in [0.717, 1.165) is 49.5 Å². The molecule has 3 heteroatoms. The third-order valence-electron chi connectivity index (χ3n) is 4.84. The molecule has 0 aliphatic heterocycles. The van der Waals surface area contributed by atoms with Gasteiger partial charge in [-0.25, -0.2) is 0 Å². The predicted molar refractivity (Wildman–Crippen MR) is 115 cm³/mol. The molecule has 0 spiro atoms. The van der Waals surface area contributed by atoms with Gasteiger partial charge in [-0.15, -0.1) is 0 Å². The molecule has 0 fully saturated rings. The molecule has 0 saturated heterocycles. The van der Waals surface area contributed by atoms with Crippen LogP contribution in [0.25, 0.3) is 0 Å². The topological polar surface area (TPSA) is 29.5 Å². The molecule has 0 atom stereocenters. The Kier molecular flexibility index (Phi) is 11.0. The Labute approximate surface area is 169 Å². The minimum absolute atomic E-state index is 0.314. The molecule has 0 heterocycles. The second kappa shape index (κ2) is 13.6. The fourth-order valence-corrected chi connectivity index (χ4v) is 3.30. The van der Waals surface area contributed by atoms with Crippen LogP contribution in [0.5, 0.6) is 5.75 Å². The van der Waals surface area contributed by atoms with E-state index < -0.39 is 0 Å². The number of aliphatic hydroxyl groups excluding tert-OH is 1. The summed E-state index contributed by atoms with van der Waals surface area (Å²) in [5, 5.41) is 9.59. The van der Waals surface area contributed by atoms with Gasteiger partial charge in [0.15, 0.2) is 0 Å². The maximum absolute atomic E-state index is 8.78. The van der Waals surface area contributed by atoms with Crippen molar-refractivity contribution in [1.82, 2.24) is 0 Å². The first-order valence-electron chi connectivity index (χ1n) is 10.3. The predicted octanol–water partition coefficient (Wildman–Crippen LogP) is 6.62. The van der Waals surface area contributed by atoms with Crippen LogP contribution in [0.15, 0.2) is 48.5 Å². The fraction of sp³-hybridized carbons (Fsp3) is 0.500. The van der Waals surface area contributed by atoms with E-state index in [9.17, 15) is 0 Å². The number of halogens is 1. The summed E-state index contributed by atoms with van der Waals surface area (Å²) in [6.07, 6.45) is 11.4. The van der Waals surface area contributed by atoms with Crippen molar-refractivity contribution in [3.05, 3.63) is 64.7 Å². The monoisotopic (exact) mass is 388 g/mol. The van der Waals surface area contributed by atoms with Gasteiger partial charge in [0.2, 0.25) is 0 Å².